The van der Waals surface area contributed by atoms with Crippen LogP contribution in [0.5, 0.6) is 5.75 Å². The van der Waals surface area contributed by atoms with Crippen LogP contribution < -0.4 is 4.74 Å². The van der Waals surface area contributed by atoms with Gasteiger partial charge in [0.2, 0.25) is 0 Å². The third-order valence-electron chi connectivity index (χ3n) is 3.45. The molecule has 0 saturated carbocycles. The van der Waals surface area contributed by atoms with Crippen molar-refractivity contribution in [3.05, 3.63) is 47.3 Å². The Hall–Kier alpha value is -1.77. The average molecular weight is 272 g/mol. The molecule has 0 saturated heterocycles. The summed E-state index contributed by atoms with van der Waals surface area (Å²) in [5.41, 5.74) is 3.43. The first-order valence-electron chi connectivity index (χ1n) is 7.24. The molecular weight excluding hydrogens is 248 g/mol. The van der Waals surface area contributed by atoms with Crippen molar-refractivity contribution in [1.82, 2.24) is 9.78 Å². The van der Waals surface area contributed by atoms with E-state index >= 15 is 0 Å². The molecular formula is C17H24N2O. The summed E-state index contributed by atoms with van der Waals surface area (Å²) in [6.45, 7) is 11.2. The standard InChI is InChI=1S/C17H24N2O/c1-12(2)15-7-6-14(5)17(10-15)20-11-16-8-9-19(18-16)13(3)4/h6-10,12-13H,11H2,1-5H3. The molecule has 0 bridgehead atoms. The van der Waals surface area contributed by atoms with Gasteiger partial charge in [-0.15, -0.1) is 0 Å². The van der Waals surface area contributed by atoms with E-state index < -0.39 is 0 Å². The smallest absolute Gasteiger partial charge is 0.132 e. The van der Waals surface area contributed by atoms with Gasteiger partial charge in [0.05, 0.1) is 5.69 Å². The molecule has 0 aliphatic carbocycles. The van der Waals surface area contributed by atoms with Crippen LogP contribution in [0.3, 0.4) is 0 Å². The molecule has 0 aliphatic rings. The van der Waals surface area contributed by atoms with Crippen LogP contribution in [-0.4, -0.2) is 9.78 Å². The Balaban J connectivity index is 2.07. The van der Waals surface area contributed by atoms with Gasteiger partial charge in [-0.05, 0) is 49.9 Å². The second-order valence-corrected chi connectivity index (χ2v) is 5.85. The normalized spacial score (nSPS) is 11.3. The molecule has 1 heterocycles. The van der Waals surface area contributed by atoms with E-state index in [-0.39, 0.29) is 0 Å². The second kappa shape index (κ2) is 6.12. The third-order valence-corrected chi connectivity index (χ3v) is 3.45. The summed E-state index contributed by atoms with van der Waals surface area (Å²) < 4.78 is 7.89. The Kier molecular flexibility index (Phi) is 4.48. The highest BCUT2D eigenvalue weighted by atomic mass is 16.5. The topological polar surface area (TPSA) is 27.1 Å². The summed E-state index contributed by atoms with van der Waals surface area (Å²) in [5, 5.41) is 4.50. The van der Waals surface area contributed by atoms with Crippen LogP contribution in [-0.2, 0) is 6.61 Å². The quantitative estimate of drug-likeness (QED) is 0.802. The summed E-state index contributed by atoms with van der Waals surface area (Å²) in [5.74, 6) is 1.47. The van der Waals surface area contributed by atoms with Crippen molar-refractivity contribution in [2.45, 2.75) is 53.2 Å². The first-order valence-corrected chi connectivity index (χ1v) is 7.24. The molecule has 0 aliphatic heterocycles. The minimum Gasteiger partial charge on any atom is -0.487 e. The molecule has 0 spiro atoms. The predicted molar refractivity (Wildman–Crippen MR) is 82.2 cm³/mol. The lowest BCUT2D eigenvalue weighted by atomic mass is 10.0. The minimum absolute atomic E-state index is 0.384. The van der Waals surface area contributed by atoms with E-state index in [4.69, 9.17) is 4.74 Å². The van der Waals surface area contributed by atoms with Crippen molar-refractivity contribution in [3.63, 3.8) is 0 Å². The van der Waals surface area contributed by atoms with E-state index in [1.807, 2.05) is 16.9 Å². The van der Waals surface area contributed by atoms with Gasteiger partial charge in [-0.1, -0.05) is 26.0 Å². The zero-order valence-electron chi connectivity index (χ0n) is 13.1. The van der Waals surface area contributed by atoms with Crippen LogP contribution in [0.2, 0.25) is 0 Å². The van der Waals surface area contributed by atoms with Gasteiger partial charge in [0, 0.05) is 12.2 Å². The van der Waals surface area contributed by atoms with E-state index in [2.05, 4.69) is 57.9 Å². The van der Waals surface area contributed by atoms with Crippen molar-refractivity contribution in [2.24, 2.45) is 0 Å². The predicted octanol–water partition coefficient (Wildman–Crippen LogP) is 4.47. The zero-order chi connectivity index (χ0) is 14.7. The summed E-state index contributed by atoms with van der Waals surface area (Å²) in [6.07, 6.45) is 2.00. The highest BCUT2D eigenvalue weighted by Gasteiger charge is 2.07. The van der Waals surface area contributed by atoms with Crippen molar-refractivity contribution in [1.29, 1.82) is 0 Å². The lowest BCUT2D eigenvalue weighted by Gasteiger charge is -2.12. The fraction of sp³-hybridized carbons (Fsp3) is 0.471. The molecule has 20 heavy (non-hydrogen) atoms. The van der Waals surface area contributed by atoms with Crippen molar-refractivity contribution in [3.8, 4) is 5.75 Å². The molecule has 2 rings (SSSR count). The lowest BCUT2D eigenvalue weighted by molar-refractivity contribution is 0.296. The van der Waals surface area contributed by atoms with Crippen LogP contribution in [0, 0.1) is 6.92 Å². The number of ether oxygens (including phenoxy) is 1. The lowest BCUT2D eigenvalue weighted by Crippen LogP contribution is -2.04. The Labute approximate surface area is 121 Å². The largest absolute Gasteiger partial charge is 0.487 e. The van der Waals surface area contributed by atoms with Crippen LogP contribution in [0.4, 0.5) is 0 Å². The number of aromatic nitrogens is 2. The average Bonchev–Trinajstić information content (AvgIpc) is 2.86. The highest BCUT2D eigenvalue weighted by molar-refractivity contribution is 5.37. The van der Waals surface area contributed by atoms with Crippen LogP contribution in [0.1, 0.15) is 56.5 Å². The first kappa shape index (κ1) is 14.6. The molecule has 1 aromatic heterocycles. The van der Waals surface area contributed by atoms with Gasteiger partial charge in [-0.2, -0.15) is 5.10 Å². The molecule has 3 heteroatoms. The van der Waals surface area contributed by atoms with Crippen molar-refractivity contribution in [2.75, 3.05) is 0 Å². The number of hydrogen-bond donors (Lipinski definition) is 0. The Morgan fingerprint density at radius 3 is 2.50 bits per heavy atom. The second-order valence-electron chi connectivity index (χ2n) is 5.85. The molecule has 0 atom stereocenters. The molecule has 0 unspecified atom stereocenters. The number of nitrogens with zero attached hydrogens (tertiary/aromatic N) is 2. The molecule has 3 nitrogen and oxygen atoms in total. The summed E-state index contributed by atoms with van der Waals surface area (Å²) >= 11 is 0. The molecule has 108 valence electrons. The van der Waals surface area contributed by atoms with Gasteiger partial charge < -0.3 is 4.74 Å². The van der Waals surface area contributed by atoms with Crippen LogP contribution in [0.25, 0.3) is 0 Å². The van der Waals surface area contributed by atoms with Gasteiger partial charge >= 0.3 is 0 Å². The van der Waals surface area contributed by atoms with Crippen LogP contribution in [0.15, 0.2) is 30.5 Å². The third kappa shape index (κ3) is 3.41. The Morgan fingerprint density at radius 2 is 1.90 bits per heavy atom. The maximum atomic E-state index is 5.93. The van der Waals surface area contributed by atoms with Gasteiger partial charge in [0.15, 0.2) is 0 Å². The molecule has 0 N–H and O–H groups in total. The van der Waals surface area contributed by atoms with E-state index in [9.17, 15) is 0 Å². The number of rotatable bonds is 5. The highest BCUT2D eigenvalue weighted by Crippen LogP contribution is 2.24. The fourth-order valence-electron chi connectivity index (χ4n) is 2.02. The monoisotopic (exact) mass is 272 g/mol. The van der Waals surface area contributed by atoms with E-state index in [0.29, 0.717) is 18.6 Å². The van der Waals surface area contributed by atoms with Gasteiger partial charge in [0.25, 0.3) is 0 Å². The Bertz CT molecular complexity index is 570. The number of hydrogen-bond acceptors (Lipinski definition) is 2. The maximum absolute atomic E-state index is 5.93. The van der Waals surface area contributed by atoms with Crippen molar-refractivity contribution >= 4 is 0 Å². The van der Waals surface area contributed by atoms with Crippen LogP contribution >= 0.6 is 0 Å². The van der Waals surface area contributed by atoms with E-state index in [1.54, 1.807) is 0 Å². The van der Waals surface area contributed by atoms with Gasteiger partial charge in [-0.3, -0.25) is 4.68 Å². The zero-order valence-corrected chi connectivity index (χ0v) is 13.1. The van der Waals surface area contributed by atoms with Crippen molar-refractivity contribution < 1.29 is 4.74 Å². The summed E-state index contributed by atoms with van der Waals surface area (Å²) in [4.78, 5) is 0. The van der Waals surface area contributed by atoms with E-state index in [1.165, 1.54) is 5.56 Å². The van der Waals surface area contributed by atoms with Gasteiger partial charge in [0.1, 0.15) is 12.4 Å². The molecule has 0 radical (unpaired) electrons. The maximum Gasteiger partial charge on any atom is 0.132 e. The number of benzene rings is 1. The molecule has 0 amide bonds. The fourth-order valence-corrected chi connectivity index (χ4v) is 2.02. The molecule has 2 aromatic rings. The van der Waals surface area contributed by atoms with E-state index in [0.717, 1.165) is 17.0 Å². The van der Waals surface area contributed by atoms with Gasteiger partial charge in [-0.25, -0.2) is 0 Å². The Morgan fingerprint density at radius 1 is 1.15 bits per heavy atom. The minimum atomic E-state index is 0.384. The molecule has 0 fully saturated rings. The first-order chi connectivity index (χ1) is 9.47. The SMILES string of the molecule is Cc1ccc(C(C)C)cc1OCc1ccn(C(C)C)n1. The summed E-state index contributed by atoms with van der Waals surface area (Å²) in [7, 11) is 0. The summed E-state index contributed by atoms with van der Waals surface area (Å²) in [6, 6.07) is 8.83. The molecule has 1 aromatic carbocycles. The number of aryl methyl sites for hydroxylation is 1.